The summed E-state index contributed by atoms with van der Waals surface area (Å²) < 4.78 is 0. The topological polar surface area (TPSA) is 32.6 Å². The van der Waals surface area contributed by atoms with Crippen LogP contribution in [0.25, 0.3) is 0 Å². The number of aromatic hydroxyl groups is 1. The number of benzene rings is 1. The summed E-state index contributed by atoms with van der Waals surface area (Å²) in [6.07, 6.45) is 5.95. The Morgan fingerprint density at radius 1 is 1.32 bits per heavy atom. The van der Waals surface area contributed by atoms with Gasteiger partial charge in [-0.1, -0.05) is 18.6 Å². The number of hydrogen-bond donors (Lipinski definition) is 1. The fraction of sp³-hybridized carbons (Fsp3) is 0.500. The Labute approximate surface area is 132 Å². The molecule has 0 bridgehead atoms. The molecule has 0 aromatic heterocycles. The number of phenols is 1. The third-order valence-corrected chi connectivity index (χ3v) is 4.02. The number of fused-ring (bicyclic) bond motifs is 1. The van der Waals surface area contributed by atoms with E-state index in [1.54, 1.807) is 0 Å². The van der Waals surface area contributed by atoms with Gasteiger partial charge in [0.1, 0.15) is 5.75 Å². The molecule has 2 fully saturated rings. The van der Waals surface area contributed by atoms with E-state index in [1.807, 2.05) is 31.3 Å². The first kappa shape index (κ1) is 15.5. The molecule has 2 aliphatic carbocycles. The van der Waals surface area contributed by atoms with Crippen molar-refractivity contribution in [2.45, 2.75) is 32.2 Å². The Hall–Kier alpha value is 0.153. The van der Waals surface area contributed by atoms with E-state index in [0.717, 1.165) is 23.0 Å². The fourth-order valence-electron chi connectivity index (χ4n) is 2.96. The van der Waals surface area contributed by atoms with E-state index in [9.17, 15) is 5.11 Å². The first-order valence-electron chi connectivity index (χ1n) is 6.47. The van der Waals surface area contributed by atoms with Crippen LogP contribution in [-0.4, -0.2) is 17.4 Å². The Bertz CT molecular complexity index is 457. The Morgan fingerprint density at radius 3 is 2.58 bits per heavy atom. The van der Waals surface area contributed by atoms with E-state index < -0.39 is 20.8 Å². The van der Waals surface area contributed by atoms with Crippen LogP contribution >= 0.6 is 17.0 Å². The Balaban J connectivity index is 0.000000408. The van der Waals surface area contributed by atoms with Crippen LogP contribution in [0.4, 0.5) is 0 Å². The standard InChI is InChI=1S/C14H17NO.2ClH.Zr/c1-9-4-2-5-10(14(9)16)8-15-13-11-6-3-7-12(11)13;;;/h2,4-5,8,11-13,16H,3,6-7H2,1H3;2*1H;/q;;;+2/p-2. The molecule has 1 aromatic carbocycles. The molecule has 1 N–H and O–H groups in total. The van der Waals surface area contributed by atoms with E-state index >= 15 is 0 Å². The second-order valence-corrected chi connectivity index (χ2v) is 8.84. The first-order chi connectivity index (χ1) is 9.19. The van der Waals surface area contributed by atoms with Crippen molar-refractivity contribution in [1.29, 1.82) is 0 Å². The summed E-state index contributed by atoms with van der Waals surface area (Å²) in [4.78, 5) is 4.61. The number of halogens is 2. The number of rotatable bonds is 2. The van der Waals surface area contributed by atoms with Crippen LogP contribution < -0.4 is 0 Å². The molecular weight excluding hydrogens is 360 g/mol. The zero-order chi connectivity index (χ0) is 13.8. The van der Waals surface area contributed by atoms with Crippen molar-refractivity contribution in [2.75, 3.05) is 0 Å². The maximum absolute atomic E-state index is 9.84. The molecule has 2 saturated carbocycles. The van der Waals surface area contributed by atoms with Crippen molar-refractivity contribution in [3.63, 3.8) is 0 Å². The van der Waals surface area contributed by atoms with Gasteiger partial charge < -0.3 is 5.11 Å². The van der Waals surface area contributed by atoms with E-state index in [-0.39, 0.29) is 0 Å². The minimum absolute atomic E-state index is 0.372. The molecule has 0 heterocycles. The molecule has 3 rings (SSSR count). The van der Waals surface area contributed by atoms with Gasteiger partial charge in [0.15, 0.2) is 0 Å². The summed E-state index contributed by atoms with van der Waals surface area (Å²) in [5.41, 5.74) is 1.77. The fourth-order valence-corrected chi connectivity index (χ4v) is 2.96. The molecule has 2 aliphatic rings. The Kier molecular flexibility index (Phi) is 5.93. The second kappa shape index (κ2) is 7.24. The predicted molar refractivity (Wildman–Crippen MR) is 76.8 cm³/mol. The maximum atomic E-state index is 9.84. The van der Waals surface area contributed by atoms with E-state index in [4.69, 9.17) is 17.0 Å². The quantitative estimate of drug-likeness (QED) is 0.766. The van der Waals surface area contributed by atoms with Crippen LogP contribution in [0.1, 0.15) is 30.4 Å². The summed E-state index contributed by atoms with van der Waals surface area (Å²) in [5, 5.41) is 9.84. The van der Waals surface area contributed by atoms with Crippen molar-refractivity contribution in [3.8, 4) is 5.75 Å². The number of para-hydroxylation sites is 1. The number of nitrogens with zero attached hydrogens (tertiary/aromatic N) is 1. The molecule has 0 aliphatic heterocycles. The van der Waals surface area contributed by atoms with Crippen LogP contribution in [0.15, 0.2) is 23.2 Å². The number of hydrogen-bond acceptors (Lipinski definition) is 2. The third kappa shape index (κ3) is 3.83. The number of phenolic OH excluding ortho intramolecular Hbond substituents is 1. The molecule has 19 heavy (non-hydrogen) atoms. The monoisotopic (exact) mass is 375 g/mol. The normalized spacial score (nSPS) is 27.6. The van der Waals surface area contributed by atoms with Gasteiger partial charge in [-0.05, 0) is 43.2 Å². The van der Waals surface area contributed by atoms with Crippen LogP contribution in [0.3, 0.4) is 0 Å². The van der Waals surface area contributed by atoms with Gasteiger partial charge in [0.2, 0.25) is 0 Å². The Morgan fingerprint density at radius 2 is 1.95 bits per heavy atom. The molecule has 2 unspecified atom stereocenters. The molecule has 0 saturated heterocycles. The van der Waals surface area contributed by atoms with Crippen molar-refractivity contribution in [1.82, 2.24) is 0 Å². The molecule has 5 heteroatoms. The van der Waals surface area contributed by atoms with Gasteiger partial charge in [0, 0.05) is 11.8 Å². The van der Waals surface area contributed by atoms with Crippen LogP contribution in [0, 0.1) is 18.8 Å². The van der Waals surface area contributed by atoms with E-state index in [2.05, 4.69) is 4.99 Å². The molecule has 0 radical (unpaired) electrons. The minimum atomic E-state index is -0.826. The summed E-state index contributed by atoms with van der Waals surface area (Å²) in [6, 6.07) is 6.35. The predicted octanol–water partition coefficient (Wildman–Crippen LogP) is 4.29. The second-order valence-electron chi connectivity index (χ2n) is 5.11. The SMILES string of the molecule is Cc1cccc(C=NC2C3CCCC32)c1O.[Cl][Zr][Cl]. The van der Waals surface area contributed by atoms with Gasteiger partial charge in [-0.25, -0.2) is 0 Å². The van der Waals surface area contributed by atoms with Crippen LogP contribution in [-0.2, 0) is 20.8 Å². The first-order valence-corrected chi connectivity index (χ1v) is 12.8. The van der Waals surface area contributed by atoms with Crippen LogP contribution in [0.5, 0.6) is 5.75 Å². The molecule has 0 amide bonds. The number of aliphatic imine (C=N–C) groups is 1. The molecule has 2 nitrogen and oxygen atoms in total. The zero-order valence-corrected chi connectivity index (χ0v) is 14.8. The average molecular weight is 377 g/mol. The molecule has 2 atom stereocenters. The summed E-state index contributed by atoms with van der Waals surface area (Å²) in [5.74, 6) is 2.07. The van der Waals surface area contributed by atoms with Crippen molar-refractivity contribution >= 4 is 23.2 Å². The summed E-state index contributed by atoms with van der Waals surface area (Å²) >= 11 is -0.826. The van der Waals surface area contributed by atoms with E-state index in [1.165, 1.54) is 19.3 Å². The van der Waals surface area contributed by atoms with Crippen LogP contribution in [0.2, 0.25) is 0 Å². The van der Waals surface area contributed by atoms with Gasteiger partial charge in [-0.2, -0.15) is 0 Å². The van der Waals surface area contributed by atoms with Gasteiger partial charge in [0.05, 0.1) is 6.04 Å². The molecule has 0 spiro atoms. The zero-order valence-electron chi connectivity index (χ0n) is 10.8. The van der Waals surface area contributed by atoms with E-state index in [0.29, 0.717) is 11.8 Å². The van der Waals surface area contributed by atoms with Crippen molar-refractivity contribution < 1.29 is 26.0 Å². The van der Waals surface area contributed by atoms with Crippen molar-refractivity contribution in [2.24, 2.45) is 16.8 Å². The average Bonchev–Trinajstić information content (AvgIpc) is 2.83. The summed E-state index contributed by atoms with van der Waals surface area (Å²) in [7, 11) is 9.87. The molecule has 1 aromatic rings. The number of aryl methyl sites for hydroxylation is 1. The van der Waals surface area contributed by atoms with Gasteiger partial charge in [0.25, 0.3) is 0 Å². The van der Waals surface area contributed by atoms with Crippen molar-refractivity contribution in [3.05, 3.63) is 29.3 Å². The van der Waals surface area contributed by atoms with Gasteiger partial charge >= 0.3 is 37.9 Å². The van der Waals surface area contributed by atoms with Gasteiger partial charge in [-0.15, -0.1) is 0 Å². The molecule has 102 valence electrons. The third-order valence-electron chi connectivity index (χ3n) is 4.02. The van der Waals surface area contributed by atoms with Gasteiger partial charge in [-0.3, -0.25) is 4.99 Å². The summed E-state index contributed by atoms with van der Waals surface area (Å²) in [6.45, 7) is 1.92. The molecular formula is C14H17Cl2NOZr.